The Bertz CT molecular complexity index is 888. The number of nitrogens with one attached hydrogen (secondary N) is 2. The van der Waals surface area contributed by atoms with E-state index in [4.69, 9.17) is 9.47 Å². The van der Waals surface area contributed by atoms with E-state index in [1.165, 1.54) is 6.08 Å². The van der Waals surface area contributed by atoms with Crippen LogP contribution in [0.25, 0.3) is 6.08 Å². The van der Waals surface area contributed by atoms with Gasteiger partial charge in [0.1, 0.15) is 18.1 Å². The summed E-state index contributed by atoms with van der Waals surface area (Å²) in [7, 11) is 0. The van der Waals surface area contributed by atoms with E-state index in [-0.39, 0.29) is 0 Å². The van der Waals surface area contributed by atoms with E-state index < -0.39 is 17.9 Å². The molecule has 0 aliphatic carbocycles. The van der Waals surface area contributed by atoms with Crippen LogP contribution >= 0.6 is 0 Å². The van der Waals surface area contributed by atoms with Gasteiger partial charge in [-0.15, -0.1) is 0 Å². The Morgan fingerprint density at radius 1 is 1.10 bits per heavy atom. The molecule has 2 aromatic rings. The fraction of sp³-hybridized carbons (Fsp3) is 0.217. The van der Waals surface area contributed by atoms with Gasteiger partial charge in [-0.2, -0.15) is 0 Å². The van der Waals surface area contributed by atoms with Crippen molar-refractivity contribution in [3.8, 4) is 11.5 Å². The van der Waals surface area contributed by atoms with Crippen LogP contribution in [0, 0.1) is 13.8 Å². The predicted octanol–water partition coefficient (Wildman–Crippen LogP) is 3.50. The number of hydrogen-bond donors (Lipinski definition) is 2. The quantitative estimate of drug-likeness (QED) is 0.408. The van der Waals surface area contributed by atoms with E-state index in [0.29, 0.717) is 12.4 Å². The predicted molar refractivity (Wildman–Crippen MR) is 113 cm³/mol. The SMILES string of the molecule is C=CCOc1ccc(/C=C/C(=O)NNC(=O)[C@@H](C)Oc2cccc(C)c2C)cc1. The number of ether oxygens (including phenoxy) is 2. The summed E-state index contributed by atoms with van der Waals surface area (Å²) in [5.74, 6) is 0.455. The van der Waals surface area contributed by atoms with Gasteiger partial charge in [-0.25, -0.2) is 0 Å². The molecule has 0 saturated carbocycles. The molecule has 0 aliphatic rings. The van der Waals surface area contributed by atoms with Crippen molar-refractivity contribution in [1.82, 2.24) is 10.9 Å². The van der Waals surface area contributed by atoms with Crippen molar-refractivity contribution in [3.63, 3.8) is 0 Å². The first-order chi connectivity index (χ1) is 13.9. The number of carbonyl (C=O) groups is 2. The molecule has 2 aromatic carbocycles. The molecule has 0 heterocycles. The van der Waals surface area contributed by atoms with Crippen molar-refractivity contribution in [1.29, 1.82) is 0 Å². The van der Waals surface area contributed by atoms with Crippen LogP contribution in [-0.4, -0.2) is 24.5 Å². The molecular weight excluding hydrogens is 368 g/mol. The molecule has 0 radical (unpaired) electrons. The maximum absolute atomic E-state index is 12.2. The van der Waals surface area contributed by atoms with Crippen LogP contribution in [0.2, 0.25) is 0 Å². The lowest BCUT2D eigenvalue weighted by Gasteiger charge is -2.17. The maximum atomic E-state index is 12.2. The van der Waals surface area contributed by atoms with Gasteiger partial charge in [0.2, 0.25) is 0 Å². The summed E-state index contributed by atoms with van der Waals surface area (Å²) >= 11 is 0. The van der Waals surface area contributed by atoms with Crippen molar-refractivity contribution >= 4 is 17.9 Å². The molecule has 0 bridgehead atoms. The zero-order chi connectivity index (χ0) is 21.2. The lowest BCUT2D eigenvalue weighted by molar-refractivity contribution is -0.131. The number of hydrazine groups is 1. The van der Waals surface area contributed by atoms with Gasteiger partial charge in [-0.05, 0) is 61.7 Å². The van der Waals surface area contributed by atoms with Crippen molar-refractivity contribution in [2.75, 3.05) is 6.61 Å². The Morgan fingerprint density at radius 2 is 1.83 bits per heavy atom. The van der Waals surface area contributed by atoms with Crippen LogP contribution < -0.4 is 20.3 Å². The van der Waals surface area contributed by atoms with Gasteiger partial charge in [0.05, 0.1) is 0 Å². The number of hydrogen-bond acceptors (Lipinski definition) is 4. The molecule has 6 nitrogen and oxygen atoms in total. The minimum atomic E-state index is -0.761. The highest BCUT2D eigenvalue weighted by atomic mass is 16.5. The Kier molecular flexibility index (Phi) is 8.03. The van der Waals surface area contributed by atoms with Gasteiger partial charge in [-0.3, -0.25) is 20.4 Å². The van der Waals surface area contributed by atoms with Crippen LogP contribution in [-0.2, 0) is 9.59 Å². The van der Waals surface area contributed by atoms with Gasteiger partial charge in [0, 0.05) is 6.08 Å². The summed E-state index contributed by atoms with van der Waals surface area (Å²) in [6.45, 7) is 9.55. The van der Waals surface area contributed by atoms with Gasteiger partial charge >= 0.3 is 0 Å². The number of carbonyl (C=O) groups excluding carboxylic acids is 2. The second-order valence-electron chi connectivity index (χ2n) is 6.44. The smallest absolute Gasteiger partial charge is 0.279 e. The molecule has 0 saturated heterocycles. The van der Waals surface area contributed by atoms with Crippen LogP contribution in [0.5, 0.6) is 11.5 Å². The van der Waals surface area contributed by atoms with E-state index in [9.17, 15) is 9.59 Å². The average molecular weight is 394 g/mol. The van der Waals surface area contributed by atoms with E-state index >= 15 is 0 Å². The minimum Gasteiger partial charge on any atom is -0.490 e. The third-order valence-corrected chi connectivity index (χ3v) is 4.21. The molecule has 0 aliphatic heterocycles. The molecule has 0 aromatic heterocycles. The summed E-state index contributed by atoms with van der Waals surface area (Å²) in [5, 5.41) is 0. The first-order valence-electron chi connectivity index (χ1n) is 9.25. The Morgan fingerprint density at radius 3 is 2.52 bits per heavy atom. The van der Waals surface area contributed by atoms with Crippen LogP contribution in [0.4, 0.5) is 0 Å². The largest absolute Gasteiger partial charge is 0.490 e. The van der Waals surface area contributed by atoms with E-state index in [2.05, 4.69) is 17.4 Å². The molecule has 6 heteroatoms. The molecule has 1 atom stereocenters. The number of rotatable bonds is 8. The van der Waals surface area contributed by atoms with Crippen LogP contribution in [0.3, 0.4) is 0 Å². The molecule has 2 rings (SSSR count). The number of benzene rings is 2. The lowest BCUT2D eigenvalue weighted by atomic mass is 10.1. The monoisotopic (exact) mass is 394 g/mol. The normalized spacial score (nSPS) is 11.6. The Hall–Kier alpha value is -3.54. The van der Waals surface area contributed by atoms with E-state index in [1.807, 2.05) is 38.1 Å². The topological polar surface area (TPSA) is 76.7 Å². The second-order valence-corrected chi connectivity index (χ2v) is 6.44. The summed E-state index contributed by atoms with van der Waals surface area (Å²) in [5.41, 5.74) is 7.58. The molecule has 0 unspecified atom stereocenters. The average Bonchev–Trinajstić information content (AvgIpc) is 2.72. The van der Waals surface area contributed by atoms with Crippen LogP contribution in [0.1, 0.15) is 23.6 Å². The fourth-order valence-electron chi connectivity index (χ4n) is 2.36. The van der Waals surface area contributed by atoms with Gasteiger partial charge in [0.25, 0.3) is 11.8 Å². The fourth-order valence-corrected chi connectivity index (χ4v) is 2.36. The highest BCUT2D eigenvalue weighted by molar-refractivity contribution is 5.93. The Labute approximate surface area is 171 Å². The van der Waals surface area contributed by atoms with Crippen molar-refractivity contribution < 1.29 is 19.1 Å². The first kappa shape index (κ1) is 21.8. The summed E-state index contributed by atoms with van der Waals surface area (Å²) in [4.78, 5) is 24.1. The van der Waals surface area contributed by atoms with E-state index in [0.717, 1.165) is 22.4 Å². The molecule has 2 amide bonds. The third kappa shape index (κ3) is 6.84. The Balaban J connectivity index is 1.81. The van der Waals surface area contributed by atoms with Crippen LogP contribution in [0.15, 0.2) is 61.2 Å². The van der Waals surface area contributed by atoms with Crippen molar-refractivity contribution in [2.45, 2.75) is 26.9 Å². The summed E-state index contributed by atoms with van der Waals surface area (Å²) in [6.07, 6.45) is 3.87. The molecule has 0 fully saturated rings. The molecule has 29 heavy (non-hydrogen) atoms. The zero-order valence-electron chi connectivity index (χ0n) is 16.9. The molecule has 0 spiro atoms. The zero-order valence-corrected chi connectivity index (χ0v) is 16.9. The van der Waals surface area contributed by atoms with Gasteiger partial charge in [-0.1, -0.05) is 36.9 Å². The minimum absolute atomic E-state index is 0.433. The van der Waals surface area contributed by atoms with Crippen molar-refractivity contribution in [3.05, 3.63) is 77.9 Å². The van der Waals surface area contributed by atoms with Gasteiger partial charge < -0.3 is 9.47 Å². The second kappa shape index (κ2) is 10.7. The third-order valence-electron chi connectivity index (χ3n) is 4.21. The molecule has 2 N–H and O–H groups in total. The molecule has 152 valence electrons. The number of amides is 2. The maximum Gasteiger partial charge on any atom is 0.279 e. The van der Waals surface area contributed by atoms with E-state index in [1.54, 1.807) is 37.3 Å². The highest BCUT2D eigenvalue weighted by Gasteiger charge is 2.16. The summed E-state index contributed by atoms with van der Waals surface area (Å²) in [6, 6.07) is 12.9. The lowest BCUT2D eigenvalue weighted by Crippen LogP contribution is -2.46. The van der Waals surface area contributed by atoms with Crippen molar-refractivity contribution in [2.24, 2.45) is 0 Å². The highest BCUT2D eigenvalue weighted by Crippen LogP contribution is 2.21. The molecular formula is C23H26N2O4. The first-order valence-corrected chi connectivity index (χ1v) is 9.25. The number of aryl methyl sites for hydroxylation is 1. The summed E-state index contributed by atoms with van der Waals surface area (Å²) < 4.78 is 11.1. The van der Waals surface area contributed by atoms with Gasteiger partial charge in [0.15, 0.2) is 6.10 Å². The standard InChI is InChI=1S/C23H26N2O4/c1-5-15-28-20-12-9-19(10-13-20)11-14-22(26)24-25-23(27)18(4)29-21-8-6-7-16(2)17(21)3/h5-14,18H,1,15H2,2-4H3,(H,24,26)(H,25,27)/b14-11+/t18-/m1/s1.